The average Bonchev–Trinajstić information content (AvgIpc) is 2.77. The molecule has 0 radical (unpaired) electrons. The van der Waals surface area contributed by atoms with E-state index in [9.17, 15) is 24.5 Å². The summed E-state index contributed by atoms with van der Waals surface area (Å²) in [6.07, 6.45) is 5.34. The first-order valence-corrected chi connectivity index (χ1v) is 9.98. The summed E-state index contributed by atoms with van der Waals surface area (Å²) in [6.45, 7) is 1.68. The van der Waals surface area contributed by atoms with Gasteiger partial charge in [0.2, 0.25) is 5.12 Å². The summed E-state index contributed by atoms with van der Waals surface area (Å²) < 4.78 is 0. The minimum absolute atomic E-state index is 0.108. The number of non-ortho nitro benzene ring substituents is 1. The number of nitrogens with zero attached hydrogens (tertiary/aromatic N) is 2. The third-order valence-electron chi connectivity index (χ3n) is 3.74. The molecule has 0 aliphatic heterocycles. The third kappa shape index (κ3) is 7.82. The summed E-state index contributed by atoms with van der Waals surface area (Å²) in [5, 5.41) is 14.2. The molecule has 0 atom stereocenters. The number of rotatable bonds is 9. The summed E-state index contributed by atoms with van der Waals surface area (Å²) in [6, 6.07) is 14.0. The molecule has 0 aliphatic carbocycles. The number of thioether (sulfide) groups is 1. The van der Waals surface area contributed by atoms with E-state index in [1.165, 1.54) is 42.6 Å². The zero-order chi connectivity index (χ0) is 22.6. The lowest BCUT2D eigenvalue weighted by molar-refractivity contribution is -0.384. The van der Waals surface area contributed by atoms with E-state index in [-0.39, 0.29) is 27.9 Å². The average molecular weight is 438 g/mol. The van der Waals surface area contributed by atoms with E-state index in [0.717, 1.165) is 11.8 Å². The predicted octanol–water partition coefficient (Wildman–Crippen LogP) is 4.23. The van der Waals surface area contributed by atoms with Gasteiger partial charge < -0.3 is 4.84 Å². The molecule has 0 N–H and O–H groups in total. The fourth-order valence-electron chi connectivity index (χ4n) is 2.28. The van der Waals surface area contributed by atoms with Crippen molar-refractivity contribution < 1.29 is 24.1 Å². The van der Waals surface area contributed by atoms with Crippen LogP contribution in [0, 0.1) is 10.1 Å². The maximum atomic E-state index is 12.5. The molecular formula is C22H18N2O6S. The van der Waals surface area contributed by atoms with Gasteiger partial charge in [0.15, 0.2) is 5.78 Å². The van der Waals surface area contributed by atoms with Crippen LogP contribution in [-0.2, 0) is 14.4 Å². The molecule has 0 aliphatic rings. The number of hydrogen-bond acceptors (Lipinski definition) is 8. The zero-order valence-electron chi connectivity index (χ0n) is 16.5. The number of ketones is 1. The van der Waals surface area contributed by atoms with E-state index in [1.807, 2.05) is 0 Å². The van der Waals surface area contributed by atoms with Crippen molar-refractivity contribution in [1.29, 1.82) is 0 Å². The Kier molecular flexibility index (Phi) is 9.06. The molecule has 0 aromatic heterocycles. The van der Waals surface area contributed by atoms with Crippen LogP contribution >= 0.6 is 11.8 Å². The highest BCUT2D eigenvalue weighted by molar-refractivity contribution is 8.14. The SMILES string of the molecule is C/C=C/C(=O)SCC(=O)O/N=C/C(=C\C(=O)c1ccccc1)c1ccc([N+](=O)[O-])cc1. The molecule has 0 heterocycles. The molecule has 2 rings (SSSR count). The van der Waals surface area contributed by atoms with Crippen LogP contribution in [0.15, 0.2) is 78.0 Å². The summed E-state index contributed by atoms with van der Waals surface area (Å²) >= 11 is 0.770. The second-order valence-corrected chi connectivity index (χ2v) is 6.92. The minimum atomic E-state index is -0.739. The highest BCUT2D eigenvalue weighted by atomic mass is 32.2. The van der Waals surface area contributed by atoms with Crippen LogP contribution in [0.4, 0.5) is 5.69 Å². The first-order valence-electron chi connectivity index (χ1n) is 8.99. The topological polar surface area (TPSA) is 116 Å². The van der Waals surface area contributed by atoms with Gasteiger partial charge in [-0.1, -0.05) is 53.3 Å². The number of carbonyl (C=O) groups excluding carboxylic acids is 3. The van der Waals surface area contributed by atoms with Crippen molar-refractivity contribution in [2.75, 3.05) is 5.75 Å². The van der Waals surface area contributed by atoms with Gasteiger partial charge in [-0.2, -0.15) is 0 Å². The Hall–Kier alpha value is -3.85. The van der Waals surface area contributed by atoms with Gasteiger partial charge in [0.1, 0.15) is 5.75 Å². The standard InChI is InChI=1S/C22H18N2O6S/c1-2-6-22(27)31-15-21(26)30-23-14-18(13-20(25)17-7-4-3-5-8-17)16-9-11-19(12-10-16)24(28)29/h2-14H,15H2,1H3/b6-2+,18-13+,23-14+. The first kappa shape index (κ1) is 23.4. The number of carbonyl (C=O) groups is 3. The number of nitro benzene ring substituents is 1. The van der Waals surface area contributed by atoms with Crippen molar-refractivity contribution in [1.82, 2.24) is 0 Å². The van der Waals surface area contributed by atoms with Crippen LogP contribution < -0.4 is 0 Å². The lowest BCUT2D eigenvalue weighted by atomic mass is 10.0. The monoisotopic (exact) mass is 438 g/mol. The van der Waals surface area contributed by atoms with Crippen LogP contribution in [0.5, 0.6) is 0 Å². The normalized spacial score (nSPS) is 11.6. The van der Waals surface area contributed by atoms with E-state index >= 15 is 0 Å². The van der Waals surface area contributed by atoms with Crippen LogP contribution in [-0.4, -0.2) is 33.8 Å². The third-order valence-corrected chi connectivity index (χ3v) is 4.54. The van der Waals surface area contributed by atoms with E-state index in [4.69, 9.17) is 4.84 Å². The van der Waals surface area contributed by atoms with Gasteiger partial charge in [0, 0.05) is 23.3 Å². The number of benzene rings is 2. The molecule has 158 valence electrons. The van der Waals surface area contributed by atoms with Gasteiger partial charge in [0.05, 0.1) is 11.1 Å². The number of nitro groups is 1. The van der Waals surface area contributed by atoms with Crippen LogP contribution in [0.2, 0.25) is 0 Å². The van der Waals surface area contributed by atoms with Gasteiger partial charge in [0.25, 0.3) is 5.69 Å². The fourth-order valence-corrected chi connectivity index (χ4v) is 2.83. The summed E-state index contributed by atoms with van der Waals surface area (Å²) in [5.74, 6) is -1.28. The van der Waals surface area contributed by atoms with Gasteiger partial charge in [-0.15, -0.1) is 0 Å². The second-order valence-electron chi connectivity index (χ2n) is 5.94. The summed E-state index contributed by atoms with van der Waals surface area (Å²) in [4.78, 5) is 50.7. The number of oxime groups is 1. The Balaban J connectivity index is 2.19. The quantitative estimate of drug-likeness (QED) is 0.144. The van der Waals surface area contributed by atoms with E-state index in [2.05, 4.69) is 5.16 Å². The number of hydrogen-bond donors (Lipinski definition) is 0. The second kappa shape index (κ2) is 12.0. The maximum Gasteiger partial charge on any atom is 0.345 e. The molecule has 0 bridgehead atoms. The molecule has 9 heteroatoms. The largest absolute Gasteiger partial charge is 0.345 e. The molecule has 8 nitrogen and oxygen atoms in total. The molecule has 0 fully saturated rings. The Morgan fingerprint density at radius 3 is 2.35 bits per heavy atom. The van der Waals surface area contributed by atoms with E-state index in [1.54, 1.807) is 43.3 Å². The van der Waals surface area contributed by atoms with Gasteiger partial charge in [-0.25, -0.2) is 4.79 Å². The summed E-state index contributed by atoms with van der Waals surface area (Å²) in [7, 11) is 0. The maximum absolute atomic E-state index is 12.5. The highest BCUT2D eigenvalue weighted by Crippen LogP contribution is 2.19. The van der Waals surface area contributed by atoms with Crippen molar-refractivity contribution in [2.45, 2.75) is 6.92 Å². The molecule has 2 aromatic carbocycles. The van der Waals surface area contributed by atoms with Crippen molar-refractivity contribution in [2.24, 2.45) is 5.16 Å². The molecule has 0 unspecified atom stereocenters. The fraction of sp³-hybridized carbons (Fsp3) is 0.0909. The highest BCUT2D eigenvalue weighted by Gasteiger charge is 2.10. The smallest absolute Gasteiger partial charge is 0.317 e. The van der Waals surface area contributed by atoms with Crippen LogP contribution in [0.1, 0.15) is 22.8 Å². The van der Waals surface area contributed by atoms with Gasteiger partial charge in [-0.3, -0.25) is 19.7 Å². The lowest BCUT2D eigenvalue weighted by Crippen LogP contribution is -2.05. The van der Waals surface area contributed by atoms with Gasteiger partial charge >= 0.3 is 5.97 Å². The Labute approximate surface area is 182 Å². The Morgan fingerprint density at radius 1 is 1.06 bits per heavy atom. The van der Waals surface area contributed by atoms with Crippen molar-refractivity contribution in [3.05, 3.63) is 94.1 Å². The van der Waals surface area contributed by atoms with Crippen molar-refractivity contribution in [3.8, 4) is 0 Å². The molecule has 0 saturated heterocycles. The van der Waals surface area contributed by atoms with Gasteiger partial charge in [-0.05, 0) is 36.8 Å². The molecular weight excluding hydrogens is 420 g/mol. The zero-order valence-corrected chi connectivity index (χ0v) is 17.3. The molecule has 31 heavy (non-hydrogen) atoms. The van der Waals surface area contributed by atoms with Crippen LogP contribution in [0.3, 0.4) is 0 Å². The van der Waals surface area contributed by atoms with Crippen LogP contribution in [0.25, 0.3) is 5.57 Å². The Bertz CT molecular complexity index is 1040. The molecule has 0 spiro atoms. The molecule has 0 amide bonds. The summed E-state index contributed by atoms with van der Waals surface area (Å²) in [5.41, 5.74) is 1.08. The van der Waals surface area contributed by atoms with Crippen molar-refractivity contribution in [3.63, 3.8) is 0 Å². The van der Waals surface area contributed by atoms with E-state index < -0.39 is 10.9 Å². The van der Waals surface area contributed by atoms with Crippen molar-refractivity contribution >= 4 is 46.1 Å². The molecule has 0 saturated carbocycles. The first-order chi connectivity index (χ1) is 14.9. The molecule has 2 aromatic rings. The Morgan fingerprint density at radius 2 is 1.74 bits per heavy atom. The minimum Gasteiger partial charge on any atom is -0.317 e. The number of allylic oxidation sites excluding steroid dienone is 3. The predicted molar refractivity (Wildman–Crippen MR) is 119 cm³/mol. The lowest BCUT2D eigenvalue weighted by Gasteiger charge is -2.03. The van der Waals surface area contributed by atoms with E-state index in [0.29, 0.717) is 11.1 Å².